The van der Waals surface area contributed by atoms with Crippen LogP contribution in [0.4, 0.5) is 0 Å². The number of fused-ring (bicyclic) bond motifs is 1. The van der Waals surface area contributed by atoms with Gasteiger partial charge in [-0.05, 0) is 31.9 Å². The molecule has 2 fully saturated rings. The number of hydrogen-bond acceptors (Lipinski definition) is 5. The van der Waals surface area contributed by atoms with Crippen molar-refractivity contribution in [2.75, 3.05) is 32.7 Å². The number of likely N-dealkylation sites (tertiary alicyclic amines) is 1. The van der Waals surface area contributed by atoms with Gasteiger partial charge in [0.05, 0.1) is 12.0 Å². The SMILES string of the molecule is CC(=O)N1CCCN(C(=O)C(C)N2CCC3(CCC2=O)CC(=O)c2ccccc2O3)CC1. The summed E-state index contributed by atoms with van der Waals surface area (Å²) in [6, 6.07) is 6.65. The van der Waals surface area contributed by atoms with Gasteiger partial charge in [-0.1, -0.05) is 12.1 Å². The minimum atomic E-state index is -0.705. The summed E-state index contributed by atoms with van der Waals surface area (Å²) in [5.41, 5.74) is -0.113. The maximum Gasteiger partial charge on any atom is 0.245 e. The third-order valence-electron chi connectivity index (χ3n) is 7.00. The van der Waals surface area contributed by atoms with E-state index in [0.29, 0.717) is 56.9 Å². The number of ketones is 1. The van der Waals surface area contributed by atoms with Crippen LogP contribution in [-0.2, 0) is 14.4 Å². The van der Waals surface area contributed by atoms with Crippen molar-refractivity contribution in [3.63, 3.8) is 0 Å². The Labute approximate surface area is 188 Å². The zero-order valence-corrected chi connectivity index (χ0v) is 18.8. The van der Waals surface area contributed by atoms with E-state index in [-0.39, 0.29) is 36.3 Å². The number of benzene rings is 1. The summed E-state index contributed by atoms with van der Waals surface area (Å²) in [7, 11) is 0. The molecule has 8 nitrogen and oxygen atoms in total. The number of nitrogens with zero attached hydrogens (tertiary/aromatic N) is 3. The number of hydrogen-bond donors (Lipinski definition) is 0. The molecular formula is C24H31N3O5. The van der Waals surface area contributed by atoms with Crippen molar-refractivity contribution in [3.05, 3.63) is 29.8 Å². The molecule has 3 aliphatic rings. The van der Waals surface area contributed by atoms with E-state index in [4.69, 9.17) is 4.74 Å². The Morgan fingerprint density at radius 3 is 2.50 bits per heavy atom. The molecule has 32 heavy (non-hydrogen) atoms. The van der Waals surface area contributed by atoms with E-state index in [1.54, 1.807) is 40.7 Å². The van der Waals surface area contributed by atoms with Crippen molar-refractivity contribution in [1.82, 2.24) is 14.7 Å². The lowest BCUT2D eigenvalue weighted by Gasteiger charge is -2.37. The van der Waals surface area contributed by atoms with E-state index in [1.165, 1.54) is 0 Å². The van der Waals surface area contributed by atoms with Gasteiger partial charge in [-0.2, -0.15) is 0 Å². The molecule has 4 rings (SSSR count). The molecule has 0 aromatic heterocycles. The highest BCUT2D eigenvalue weighted by Crippen LogP contribution is 2.39. The van der Waals surface area contributed by atoms with Crippen molar-refractivity contribution >= 4 is 23.5 Å². The summed E-state index contributed by atoms with van der Waals surface area (Å²) in [5.74, 6) is 0.456. The molecule has 8 heteroatoms. The second-order valence-corrected chi connectivity index (χ2v) is 9.08. The number of carbonyl (C=O) groups is 4. The second kappa shape index (κ2) is 8.92. The normalized spacial score (nSPS) is 25.0. The van der Waals surface area contributed by atoms with E-state index in [9.17, 15) is 19.2 Å². The first-order valence-electron chi connectivity index (χ1n) is 11.4. The largest absolute Gasteiger partial charge is 0.486 e. The molecule has 0 aliphatic carbocycles. The number of amides is 3. The van der Waals surface area contributed by atoms with E-state index in [0.717, 1.165) is 6.42 Å². The van der Waals surface area contributed by atoms with Crippen molar-refractivity contribution < 1.29 is 23.9 Å². The highest BCUT2D eigenvalue weighted by molar-refractivity contribution is 6.00. The Morgan fingerprint density at radius 2 is 1.72 bits per heavy atom. The summed E-state index contributed by atoms with van der Waals surface area (Å²) >= 11 is 0. The first-order chi connectivity index (χ1) is 15.3. The lowest BCUT2D eigenvalue weighted by atomic mass is 9.84. The quantitative estimate of drug-likeness (QED) is 0.699. The van der Waals surface area contributed by atoms with Crippen LogP contribution in [0, 0.1) is 0 Å². The summed E-state index contributed by atoms with van der Waals surface area (Å²) in [4.78, 5) is 55.7. The van der Waals surface area contributed by atoms with Crippen molar-refractivity contribution in [3.8, 4) is 5.75 Å². The number of carbonyl (C=O) groups excluding carboxylic acids is 4. The first kappa shape index (κ1) is 22.3. The summed E-state index contributed by atoms with van der Waals surface area (Å²) in [5, 5.41) is 0. The molecule has 172 valence electrons. The molecule has 3 aliphatic heterocycles. The molecule has 1 aromatic carbocycles. The summed E-state index contributed by atoms with van der Waals surface area (Å²) in [6.07, 6.45) is 2.19. The summed E-state index contributed by atoms with van der Waals surface area (Å²) in [6.45, 7) is 5.90. The van der Waals surface area contributed by atoms with Crippen molar-refractivity contribution in [1.29, 1.82) is 0 Å². The van der Waals surface area contributed by atoms with Gasteiger partial charge in [0.15, 0.2) is 5.78 Å². The molecule has 0 saturated carbocycles. The van der Waals surface area contributed by atoms with Gasteiger partial charge >= 0.3 is 0 Å². The minimum absolute atomic E-state index is 0.0175. The van der Waals surface area contributed by atoms with Gasteiger partial charge in [-0.3, -0.25) is 19.2 Å². The fraction of sp³-hybridized carbons (Fsp3) is 0.583. The van der Waals surface area contributed by atoms with Gasteiger partial charge in [-0.25, -0.2) is 0 Å². The highest BCUT2D eigenvalue weighted by Gasteiger charge is 2.44. The zero-order valence-electron chi connectivity index (χ0n) is 18.8. The van der Waals surface area contributed by atoms with E-state index in [2.05, 4.69) is 0 Å². The topological polar surface area (TPSA) is 87.2 Å². The Kier molecular flexibility index (Phi) is 6.22. The number of Topliss-reactive ketones (excluding diaryl/α,β-unsaturated/α-hetero) is 1. The van der Waals surface area contributed by atoms with Crippen LogP contribution >= 0.6 is 0 Å². The molecular weight excluding hydrogens is 410 g/mol. The Balaban J connectivity index is 1.44. The van der Waals surface area contributed by atoms with Crippen LogP contribution in [0.2, 0.25) is 0 Å². The van der Waals surface area contributed by atoms with E-state index in [1.807, 2.05) is 12.1 Å². The fourth-order valence-corrected chi connectivity index (χ4v) is 5.03. The molecule has 0 radical (unpaired) electrons. The van der Waals surface area contributed by atoms with Crippen LogP contribution in [0.3, 0.4) is 0 Å². The molecule has 3 heterocycles. The third kappa shape index (κ3) is 4.36. The molecule has 2 saturated heterocycles. The maximum atomic E-state index is 13.2. The van der Waals surface area contributed by atoms with Crippen LogP contribution < -0.4 is 4.74 Å². The van der Waals surface area contributed by atoms with Gasteiger partial charge in [0.1, 0.15) is 17.4 Å². The Bertz CT molecular complexity index is 932. The van der Waals surface area contributed by atoms with Crippen LogP contribution in [-0.4, -0.2) is 82.6 Å². The van der Waals surface area contributed by atoms with Gasteiger partial charge in [0.2, 0.25) is 17.7 Å². The monoisotopic (exact) mass is 441 g/mol. The fourth-order valence-electron chi connectivity index (χ4n) is 5.03. The summed E-state index contributed by atoms with van der Waals surface area (Å²) < 4.78 is 6.28. The standard InChI is InChI=1S/C24H31N3O5/c1-17(23(31)26-12-5-11-25(14-15-26)18(2)28)27-13-10-24(9-8-22(27)30)16-20(29)19-6-3-4-7-21(19)32-24/h3-4,6-7,17H,5,8-16H2,1-2H3. The highest BCUT2D eigenvalue weighted by atomic mass is 16.5. The number of ether oxygens (including phenoxy) is 1. The Hall–Kier alpha value is -2.90. The van der Waals surface area contributed by atoms with Gasteiger partial charge < -0.3 is 19.4 Å². The van der Waals surface area contributed by atoms with Gasteiger partial charge in [-0.15, -0.1) is 0 Å². The smallest absolute Gasteiger partial charge is 0.245 e. The van der Waals surface area contributed by atoms with Gasteiger partial charge in [0, 0.05) is 52.5 Å². The number of rotatable bonds is 2. The molecule has 0 N–H and O–H groups in total. The second-order valence-electron chi connectivity index (χ2n) is 9.08. The average molecular weight is 442 g/mol. The van der Waals surface area contributed by atoms with E-state index >= 15 is 0 Å². The van der Waals surface area contributed by atoms with Crippen LogP contribution in [0.5, 0.6) is 5.75 Å². The third-order valence-corrected chi connectivity index (χ3v) is 7.00. The van der Waals surface area contributed by atoms with Crippen molar-refractivity contribution in [2.24, 2.45) is 0 Å². The average Bonchev–Trinajstić information content (AvgIpc) is 3.11. The molecule has 3 amide bonds. The van der Waals surface area contributed by atoms with Gasteiger partial charge in [0.25, 0.3) is 0 Å². The Morgan fingerprint density at radius 1 is 1.00 bits per heavy atom. The molecule has 1 aromatic rings. The lowest BCUT2D eigenvalue weighted by Crippen LogP contribution is -2.50. The van der Waals surface area contributed by atoms with E-state index < -0.39 is 11.6 Å². The van der Waals surface area contributed by atoms with Crippen molar-refractivity contribution in [2.45, 2.75) is 57.6 Å². The van der Waals surface area contributed by atoms with Crippen LogP contribution in [0.25, 0.3) is 0 Å². The first-order valence-corrected chi connectivity index (χ1v) is 11.4. The van der Waals surface area contributed by atoms with Crippen LogP contribution in [0.1, 0.15) is 56.3 Å². The maximum absolute atomic E-state index is 13.2. The predicted molar refractivity (Wildman–Crippen MR) is 117 cm³/mol. The molecule has 2 atom stereocenters. The zero-order chi connectivity index (χ0) is 22.9. The molecule has 2 unspecified atom stereocenters. The predicted octanol–water partition coefficient (Wildman–Crippen LogP) is 1.87. The van der Waals surface area contributed by atoms with Crippen LogP contribution in [0.15, 0.2) is 24.3 Å². The molecule has 1 spiro atoms. The minimum Gasteiger partial charge on any atom is -0.486 e. The lowest BCUT2D eigenvalue weighted by molar-refractivity contribution is -0.144. The number of para-hydroxylation sites is 1. The molecule has 0 bridgehead atoms.